The maximum Gasteiger partial charge on any atom is 0.419 e. The molecule has 0 saturated carbocycles. The Morgan fingerprint density at radius 1 is 1.19 bits per heavy atom. The zero-order valence-electron chi connectivity index (χ0n) is 11.6. The van der Waals surface area contributed by atoms with Crippen molar-refractivity contribution in [3.05, 3.63) is 57.0 Å². The highest BCUT2D eigenvalue weighted by Crippen LogP contribution is 2.36. The summed E-state index contributed by atoms with van der Waals surface area (Å²) in [6.07, 6.45) is -4.69. The van der Waals surface area contributed by atoms with Gasteiger partial charge in [-0.1, -0.05) is 19.1 Å². The smallest absolute Gasteiger partial charge is 0.306 e. The van der Waals surface area contributed by atoms with E-state index in [1.807, 2.05) is 26.0 Å². The van der Waals surface area contributed by atoms with E-state index in [0.717, 1.165) is 15.8 Å². The maximum atomic E-state index is 14.3. The minimum Gasteiger partial charge on any atom is -0.306 e. The first-order valence-electron chi connectivity index (χ1n) is 6.50. The Morgan fingerprint density at radius 3 is 2.43 bits per heavy atom. The number of benzene rings is 1. The van der Waals surface area contributed by atoms with Crippen molar-refractivity contribution >= 4 is 11.3 Å². The van der Waals surface area contributed by atoms with Gasteiger partial charge in [0.25, 0.3) is 0 Å². The van der Waals surface area contributed by atoms with Gasteiger partial charge in [0.2, 0.25) is 0 Å². The lowest BCUT2D eigenvalue weighted by atomic mass is 10.0. The summed E-state index contributed by atoms with van der Waals surface area (Å²) in [5, 5.41) is 3.05. The van der Waals surface area contributed by atoms with E-state index in [0.29, 0.717) is 6.54 Å². The monoisotopic (exact) mass is 317 g/mol. The summed E-state index contributed by atoms with van der Waals surface area (Å²) in [6.45, 7) is 4.26. The van der Waals surface area contributed by atoms with Crippen LogP contribution in [0, 0.1) is 12.7 Å². The molecule has 1 atom stereocenters. The molecule has 21 heavy (non-hydrogen) atoms. The van der Waals surface area contributed by atoms with Crippen LogP contribution in [0.4, 0.5) is 17.6 Å². The molecule has 0 spiro atoms. The molecule has 1 aromatic heterocycles. The molecule has 6 heteroatoms. The molecule has 114 valence electrons. The molecule has 1 N–H and O–H groups in total. The normalized spacial score (nSPS) is 13.4. The highest BCUT2D eigenvalue weighted by molar-refractivity contribution is 7.12. The number of nitrogens with one attached hydrogen (secondary N) is 1. The third kappa shape index (κ3) is 3.44. The van der Waals surface area contributed by atoms with Gasteiger partial charge in [-0.3, -0.25) is 0 Å². The molecule has 2 aromatic rings. The van der Waals surface area contributed by atoms with E-state index in [1.54, 1.807) is 0 Å². The van der Waals surface area contributed by atoms with Gasteiger partial charge in [0.05, 0.1) is 11.6 Å². The van der Waals surface area contributed by atoms with E-state index >= 15 is 0 Å². The van der Waals surface area contributed by atoms with Crippen LogP contribution < -0.4 is 5.32 Å². The molecule has 1 unspecified atom stereocenters. The van der Waals surface area contributed by atoms with Crippen molar-refractivity contribution in [2.75, 3.05) is 6.54 Å². The van der Waals surface area contributed by atoms with Crippen LogP contribution in [-0.2, 0) is 6.18 Å². The molecule has 0 aliphatic carbocycles. The number of rotatable bonds is 4. The molecule has 1 heterocycles. The second-order valence-electron chi connectivity index (χ2n) is 4.65. The van der Waals surface area contributed by atoms with Gasteiger partial charge < -0.3 is 5.32 Å². The molecule has 0 bridgehead atoms. The van der Waals surface area contributed by atoms with Gasteiger partial charge in [0.15, 0.2) is 0 Å². The van der Waals surface area contributed by atoms with Gasteiger partial charge in [-0.05, 0) is 31.7 Å². The van der Waals surface area contributed by atoms with E-state index in [-0.39, 0.29) is 5.56 Å². The maximum absolute atomic E-state index is 14.3. The van der Waals surface area contributed by atoms with Crippen molar-refractivity contribution in [2.24, 2.45) is 0 Å². The molecule has 0 aliphatic rings. The van der Waals surface area contributed by atoms with E-state index in [9.17, 15) is 17.6 Å². The highest BCUT2D eigenvalue weighted by Gasteiger charge is 2.36. The Bertz CT molecular complexity index is 618. The standard InChI is InChI=1S/C15H15F4NS/c1-3-20-14(12-8-7-9(2)21-12)10-5-4-6-11(13(10)16)15(17,18)19/h4-8,14,20H,3H2,1-2H3. The van der Waals surface area contributed by atoms with Gasteiger partial charge in [0, 0.05) is 15.3 Å². The van der Waals surface area contributed by atoms with Gasteiger partial charge in [0.1, 0.15) is 5.82 Å². The average molecular weight is 317 g/mol. The number of halogens is 4. The fourth-order valence-corrected chi connectivity index (χ4v) is 3.14. The number of hydrogen-bond acceptors (Lipinski definition) is 2. The summed E-state index contributed by atoms with van der Waals surface area (Å²) in [5.41, 5.74) is -1.20. The lowest BCUT2D eigenvalue weighted by Crippen LogP contribution is -2.23. The number of hydrogen-bond donors (Lipinski definition) is 1. The van der Waals surface area contributed by atoms with Crippen LogP contribution >= 0.6 is 11.3 Å². The first-order valence-corrected chi connectivity index (χ1v) is 7.31. The van der Waals surface area contributed by atoms with Crippen molar-refractivity contribution in [1.82, 2.24) is 5.32 Å². The Balaban J connectivity index is 2.51. The zero-order chi connectivity index (χ0) is 15.6. The largest absolute Gasteiger partial charge is 0.419 e. The Labute approximate surface area is 124 Å². The first-order chi connectivity index (χ1) is 9.84. The van der Waals surface area contributed by atoms with Gasteiger partial charge in [-0.15, -0.1) is 11.3 Å². The predicted molar refractivity (Wildman–Crippen MR) is 76.0 cm³/mol. The second-order valence-corrected chi connectivity index (χ2v) is 5.97. The summed E-state index contributed by atoms with van der Waals surface area (Å²) in [5.74, 6) is -1.21. The Hall–Kier alpha value is -1.40. The molecule has 0 fully saturated rings. The van der Waals surface area contributed by atoms with E-state index in [2.05, 4.69) is 5.32 Å². The van der Waals surface area contributed by atoms with Crippen LogP contribution in [0.25, 0.3) is 0 Å². The molecule has 0 radical (unpaired) electrons. The minimum atomic E-state index is -4.69. The predicted octanol–water partition coefficient (Wildman–Crippen LogP) is 4.91. The van der Waals surface area contributed by atoms with E-state index in [4.69, 9.17) is 0 Å². The third-order valence-corrected chi connectivity index (χ3v) is 4.16. The summed E-state index contributed by atoms with van der Waals surface area (Å²) < 4.78 is 52.8. The van der Waals surface area contributed by atoms with Gasteiger partial charge in [-0.2, -0.15) is 13.2 Å². The number of aryl methyl sites for hydroxylation is 1. The van der Waals surface area contributed by atoms with Crippen LogP contribution in [-0.4, -0.2) is 6.54 Å². The topological polar surface area (TPSA) is 12.0 Å². The van der Waals surface area contributed by atoms with Crippen molar-refractivity contribution < 1.29 is 17.6 Å². The van der Waals surface area contributed by atoms with Crippen molar-refractivity contribution in [1.29, 1.82) is 0 Å². The molecule has 2 rings (SSSR count). The summed E-state index contributed by atoms with van der Waals surface area (Å²) in [7, 11) is 0. The highest BCUT2D eigenvalue weighted by atomic mass is 32.1. The van der Waals surface area contributed by atoms with Crippen LogP contribution in [0.1, 0.15) is 33.8 Å². The van der Waals surface area contributed by atoms with Crippen LogP contribution in [0.3, 0.4) is 0 Å². The lowest BCUT2D eigenvalue weighted by molar-refractivity contribution is -0.140. The molecule has 0 amide bonds. The minimum absolute atomic E-state index is 0.0218. The summed E-state index contributed by atoms with van der Waals surface area (Å²) >= 11 is 1.44. The fourth-order valence-electron chi connectivity index (χ4n) is 2.17. The van der Waals surface area contributed by atoms with Gasteiger partial charge >= 0.3 is 6.18 Å². The molecule has 1 aromatic carbocycles. The first kappa shape index (κ1) is 16.0. The zero-order valence-corrected chi connectivity index (χ0v) is 12.4. The van der Waals surface area contributed by atoms with E-state index in [1.165, 1.54) is 23.5 Å². The number of thiophene rings is 1. The Morgan fingerprint density at radius 2 is 1.90 bits per heavy atom. The summed E-state index contributed by atoms with van der Waals surface area (Å²) in [4.78, 5) is 1.83. The van der Waals surface area contributed by atoms with Crippen molar-refractivity contribution in [3.63, 3.8) is 0 Å². The quantitative estimate of drug-likeness (QED) is 0.790. The van der Waals surface area contributed by atoms with Crippen LogP contribution in [0.5, 0.6) is 0 Å². The van der Waals surface area contributed by atoms with Crippen molar-refractivity contribution in [3.8, 4) is 0 Å². The molecule has 0 aliphatic heterocycles. The SMILES string of the molecule is CCNC(c1ccc(C)s1)c1cccc(C(F)(F)F)c1F. The molecule has 0 saturated heterocycles. The summed E-state index contributed by atoms with van der Waals surface area (Å²) in [6, 6.07) is 6.51. The molecular formula is C15H15F4NS. The third-order valence-electron chi connectivity index (χ3n) is 3.10. The lowest BCUT2D eigenvalue weighted by Gasteiger charge is -2.19. The Kier molecular flexibility index (Phi) is 4.68. The molecule has 1 nitrogen and oxygen atoms in total. The molecular weight excluding hydrogens is 302 g/mol. The van der Waals surface area contributed by atoms with Crippen LogP contribution in [0.2, 0.25) is 0 Å². The number of alkyl halides is 3. The average Bonchev–Trinajstić information content (AvgIpc) is 2.82. The fraction of sp³-hybridized carbons (Fsp3) is 0.333. The van der Waals surface area contributed by atoms with Crippen LogP contribution in [0.15, 0.2) is 30.3 Å². The van der Waals surface area contributed by atoms with Gasteiger partial charge in [-0.25, -0.2) is 4.39 Å². The van der Waals surface area contributed by atoms with E-state index < -0.39 is 23.6 Å². The second kappa shape index (κ2) is 6.15. The van der Waals surface area contributed by atoms with Crippen molar-refractivity contribution in [2.45, 2.75) is 26.1 Å².